The van der Waals surface area contributed by atoms with Crippen LogP contribution in [0.2, 0.25) is 10.0 Å². The number of ether oxygens (including phenoxy) is 1. The van der Waals surface area contributed by atoms with Gasteiger partial charge in [-0.25, -0.2) is 4.79 Å². The highest BCUT2D eigenvalue weighted by molar-refractivity contribution is 6.36. The summed E-state index contributed by atoms with van der Waals surface area (Å²) in [5.41, 5.74) is 0.657. The number of nitrogens with zero attached hydrogens (tertiary/aromatic N) is 2. The number of nitriles is 1. The Kier molecular flexibility index (Phi) is 6.19. The molecule has 0 saturated heterocycles. The summed E-state index contributed by atoms with van der Waals surface area (Å²) < 4.78 is 4.99. The zero-order valence-electron chi connectivity index (χ0n) is 12.4. The molecule has 2 rings (SSSR count). The molecule has 0 radical (unpaired) electrons. The Morgan fingerprint density at radius 3 is 2.46 bits per heavy atom. The van der Waals surface area contributed by atoms with Crippen LogP contribution in [0.5, 0.6) is 0 Å². The lowest BCUT2D eigenvalue weighted by atomic mass is 10.2. The Morgan fingerprint density at radius 1 is 1.12 bits per heavy atom. The topological polar surface area (TPSA) is 70.4 Å². The predicted octanol–water partition coefficient (Wildman–Crippen LogP) is 3.71. The van der Waals surface area contributed by atoms with Crippen molar-refractivity contribution >= 4 is 40.8 Å². The van der Waals surface area contributed by atoms with Crippen LogP contribution in [-0.2, 0) is 9.53 Å². The molecule has 0 unspecified atom stereocenters. The molecule has 0 bridgehead atoms. The minimum absolute atomic E-state index is 0.111. The molecular weight excluding hydrogens is 351 g/mol. The normalized spacial score (nSPS) is 9.88. The molecule has 0 atom stereocenters. The second-order valence-electron chi connectivity index (χ2n) is 4.67. The summed E-state index contributed by atoms with van der Waals surface area (Å²) in [5.74, 6) is -1.25. The second-order valence-corrected chi connectivity index (χ2v) is 5.52. The number of halogens is 2. The van der Waals surface area contributed by atoms with E-state index >= 15 is 0 Å². The molecule has 24 heavy (non-hydrogen) atoms. The van der Waals surface area contributed by atoms with Crippen molar-refractivity contribution in [1.82, 2.24) is 0 Å². The van der Waals surface area contributed by atoms with Crippen LogP contribution in [0.3, 0.4) is 0 Å². The minimum Gasteiger partial charge on any atom is -0.452 e. The van der Waals surface area contributed by atoms with Gasteiger partial charge in [0.2, 0.25) is 0 Å². The molecule has 0 heterocycles. The van der Waals surface area contributed by atoms with Crippen molar-refractivity contribution in [2.45, 2.75) is 0 Å². The predicted molar refractivity (Wildman–Crippen MR) is 91.2 cm³/mol. The Morgan fingerprint density at radius 2 is 1.83 bits per heavy atom. The molecule has 0 fully saturated rings. The van der Waals surface area contributed by atoms with E-state index in [4.69, 9.17) is 33.2 Å². The van der Waals surface area contributed by atoms with Crippen LogP contribution in [0.1, 0.15) is 10.4 Å². The van der Waals surface area contributed by atoms with Crippen molar-refractivity contribution in [2.75, 3.05) is 18.1 Å². The van der Waals surface area contributed by atoms with E-state index in [2.05, 4.69) is 0 Å². The number of hydrogen-bond acceptors (Lipinski definition) is 4. The third-order valence-corrected chi connectivity index (χ3v) is 3.62. The summed E-state index contributed by atoms with van der Waals surface area (Å²) in [6, 6.07) is 14.9. The first-order chi connectivity index (χ1) is 11.5. The fraction of sp³-hybridized carbons (Fsp3) is 0.118. The second kappa shape index (κ2) is 8.34. The van der Waals surface area contributed by atoms with Crippen LogP contribution in [0.15, 0.2) is 48.5 Å². The van der Waals surface area contributed by atoms with Gasteiger partial charge < -0.3 is 4.74 Å². The molecule has 0 N–H and O–H groups in total. The van der Waals surface area contributed by atoms with E-state index in [0.29, 0.717) is 10.7 Å². The Labute approximate surface area is 149 Å². The molecule has 0 aromatic heterocycles. The lowest BCUT2D eigenvalue weighted by Crippen LogP contribution is -2.35. The zero-order valence-corrected chi connectivity index (χ0v) is 13.9. The maximum absolute atomic E-state index is 12.3. The third-order valence-electron chi connectivity index (χ3n) is 3.08. The molecule has 7 heteroatoms. The van der Waals surface area contributed by atoms with Crippen molar-refractivity contribution in [1.29, 1.82) is 5.26 Å². The Hall–Kier alpha value is -2.55. The smallest absolute Gasteiger partial charge is 0.340 e. The first-order valence-corrected chi connectivity index (χ1v) is 7.63. The summed E-state index contributed by atoms with van der Waals surface area (Å²) in [6.45, 7) is -0.656. The van der Waals surface area contributed by atoms with E-state index in [0.717, 1.165) is 0 Å². The van der Waals surface area contributed by atoms with Gasteiger partial charge in [0.25, 0.3) is 5.91 Å². The van der Waals surface area contributed by atoms with Gasteiger partial charge in [-0.1, -0.05) is 41.4 Å². The van der Waals surface area contributed by atoms with Gasteiger partial charge in [-0.15, -0.1) is 0 Å². The highest BCUT2D eigenvalue weighted by Gasteiger charge is 2.19. The molecule has 2 aromatic carbocycles. The van der Waals surface area contributed by atoms with Crippen LogP contribution < -0.4 is 4.90 Å². The number of anilines is 1. The monoisotopic (exact) mass is 362 g/mol. The highest BCUT2D eigenvalue weighted by atomic mass is 35.5. The standard InChI is InChI=1S/C17H12Cl2N2O3/c18-12-6-7-14(15(19)10-12)17(23)24-11-16(22)21(9-8-20)13-4-2-1-3-5-13/h1-7,10H,9,11H2. The van der Waals surface area contributed by atoms with Crippen molar-refractivity contribution in [3.05, 3.63) is 64.1 Å². The van der Waals surface area contributed by atoms with E-state index in [1.54, 1.807) is 30.3 Å². The molecule has 5 nitrogen and oxygen atoms in total. The number of amides is 1. The number of benzene rings is 2. The minimum atomic E-state index is -0.741. The van der Waals surface area contributed by atoms with Crippen molar-refractivity contribution in [3.8, 4) is 6.07 Å². The van der Waals surface area contributed by atoms with Gasteiger partial charge in [0, 0.05) is 10.7 Å². The van der Waals surface area contributed by atoms with Crippen molar-refractivity contribution in [3.63, 3.8) is 0 Å². The van der Waals surface area contributed by atoms with Crippen LogP contribution in [0.25, 0.3) is 0 Å². The van der Waals surface area contributed by atoms with Gasteiger partial charge in [-0.2, -0.15) is 5.26 Å². The van der Waals surface area contributed by atoms with Crippen molar-refractivity contribution < 1.29 is 14.3 Å². The van der Waals surface area contributed by atoms with E-state index in [-0.39, 0.29) is 17.1 Å². The maximum Gasteiger partial charge on any atom is 0.340 e. The van der Waals surface area contributed by atoms with Gasteiger partial charge in [0.05, 0.1) is 16.7 Å². The third kappa shape index (κ3) is 4.48. The van der Waals surface area contributed by atoms with Crippen molar-refractivity contribution in [2.24, 2.45) is 0 Å². The molecule has 0 aliphatic carbocycles. The van der Waals surface area contributed by atoms with E-state index in [9.17, 15) is 9.59 Å². The molecule has 122 valence electrons. The number of hydrogen-bond donors (Lipinski definition) is 0. The lowest BCUT2D eigenvalue weighted by molar-refractivity contribution is -0.121. The van der Waals surface area contributed by atoms with Gasteiger partial charge >= 0.3 is 5.97 Å². The fourth-order valence-electron chi connectivity index (χ4n) is 1.94. The largest absolute Gasteiger partial charge is 0.452 e. The maximum atomic E-state index is 12.3. The van der Waals surface area contributed by atoms with Crippen LogP contribution in [-0.4, -0.2) is 25.0 Å². The summed E-state index contributed by atoms with van der Waals surface area (Å²) >= 11 is 11.7. The lowest BCUT2D eigenvalue weighted by Gasteiger charge is -2.19. The molecule has 0 spiro atoms. The van der Waals surface area contributed by atoms with Gasteiger partial charge in [-0.3, -0.25) is 9.69 Å². The first-order valence-electron chi connectivity index (χ1n) is 6.87. The van der Waals surface area contributed by atoms with Crippen LogP contribution >= 0.6 is 23.2 Å². The fourth-order valence-corrected chi connectivity index (χ4v) is 2.43. The average molecular weight is 363 g/mol. The summed E-state index contributed by atoms with van der Waals surface area (Å²) in [4.78, 5) is 25.5. The number of esters is 1. The first kappa shape index (κ1) is 17.8. The summed E-state index contributed by atoms with van der Waals surface area (Å²) in [7, 11) is 0. The molecule has 0 aliphatic heterocycles. The molecule has 2 aromatic rings. The van der Waals surface area contributed by atoms with E-state index in [1.807, 2.05) is 6.07 Å². The molecule has 1 amide bonds. The van der Waals surface area contributed by atoms with E-state index < -0.39 is 18.5 Å². The Bertz CT molecular complexity index is 788. The Balaban J connectivity index is 2.05. The number of carbonyl (C=O) groups is 2. The van der Waals surface area contributed by atoms with Gasteiger partial charge in [0.15, 0.2) is 6.61 Å². The summed E-state index contributed by atoms with van der Waals surface area (Å²) in [5, 5.41) is 9.41. The molecule has 0 saturated carbocycles. The SMILES string of the molecule is N#CCN(C(=O)COC(=O)c1ccc(Cl)cc1Cl)c1ccccc1. The number of carbonyl (C=O) groups excluding carboxylic acids is 2. The molecular formula is C17H12Cl2N2O3. The van der Waals surface area contributed by atoms with Gasteiger partial charge in [0.1, 0.15) is 6.54 Å². The van der Waals surface area contributed by atoms with Crippen LogP contribution in [0, 0.1) is 11.3 Å². The summed E-state index contributed by atoms with van der Waals surface area (Å²) in [6.07, 6.45) is 0. The zero-order chi connectivity index (χ0) is 17.5. The van der Waals surface area contributed by atoms with E-state index in [1.165, 1.54) is 23.1 Å². The van der Waals surface area contributed by atoms with Gasteiger partial charge in [-0.05, 0) is 30.3 Å². The highest BCUT2D eigenvalue weighted by Crippen LogP contribution is 2.21. The average Bonchev–Trinajstić information content (AvgIpc) is 2.58. The van der Waals surface area contributed by atoms with Crippen LogP contribution in [0.4, 0.5) is 5.69 Å². The molecule has 0 aliphatic rings. The number of para-hydroxylation sites is 1. The number of rotatable bonds is 5. The quantitative estimate of drug-likeness (QED) is 0.600.